The van der Waals surface area contributed by atoms with Gasteiger partial charge in [0.25, 0.3) is 0 Å². The third-order valence-corrected chi connectivity index (χ3v) is 4.46. The van der Waals surface area contributed by atoms with E-state index in [1.165, 1.54) is 25.9 Å². The lowest BCUT2D eigenvalue weighted by Gasteiger charge is -2.30. The van der Waals surface area contributed by atoms with E-state index in [0.717, 1.165) is 36.3 Å². The number of ether oxygens (including phenoxy) is 1. The van der Waals surface area contributed by atoms with E-state index >= 15 is 0 Å². The molecule has 6 heteroatoms. The summed E-state index contributed by atoms with van der Waals surface area (Å²) >= 11 is 0. The first-order valence-electron chi connectivity index (χ1n) is 9.21. The fourth-order valence-electron chi connectivity index (χ4n) is 3.16. The minimum Gasteiger partial charge on any atom is -0.489 e. The zero-order valence-electron chi connectivity index (χ0n) is 16.0. The van der Waals surface area contributed by atoms with Crippen molar-refractivity contribution in [2.75, 3.05) is 39.8 Å². The first-order valence-corrected chi connectivity index (χ1v) is 9.21. The van der Waals surface area contributed by atoms with Gasteiger partial charge in [-0.3, -0.25) is 4.99 Å². The van der Waals surface area contributed by atoms with E-state index in [9.17, 15) is 0 Å². The highest BCUT2D eigenvalue weighted by Crippen LogP contribution is 2.17. The van der Waals surface area contributed by atoms with Gasteiger partial charge in [0, 0.05) is 38.8 Å². The van der Waals surface area contributed by atoms with E-state index in [4.69, 9.17) is 4.74 Å². The van der Waals surface area contributed by atoms with Gasteiger partial charge in [0.1, 0.15) is 12.4 Å². The SMILES string of the molecule is C=CCOc1ccccc1CNC(=NC)NCCN1CCCC(C)C1.I. The number of rotatable bonds is 8. The average molecular weight is 472 g/mol. The summed E-state index contributed by atoms with van der Waals surface area (Å²) in [5.74, 6) is 2.52. The number of halogens is 1. The minimum absolute atomic E-state index is 0. The van der Waals surface area contributed by atoms with Crippen molar-refractivity contribution in [1.82, 2.24) is 15.5 Å². The monoisotopic (exact) mass is 472 g/mol. The van der Waals surface area contributed by atoms with Crippen molar-refractivity contribution >= 4 is 29.9 Å². The molecular formula is C20H33IN4O. The summed E-state index contributed by atoms with van der Waals surface area (Å²) in [4.78, 5) is 6.85. The van der Waals surface area contributed by atoms with E-state index in [1.807, 2.05) is 18.2 Å². The van der Waals surface area contributed by atoms with Crippen LogP contribution in [0.1, 0.15) is 25.3 Å². The van der Waals surface area contributed by atoms with Gasteiger partial charge < -0.3 is 20.3 Å². The maximum absolute atomic E-state index is 5.70. The first-order chi connectivity index (χ1) is 12.2. The van der Waals surface area contributed by atoms with Crippen LogP contribution in [0.5, 0.6) is 5.75 Å². The fourth-order valence-corrected chi connectivity index (χ4v) is 3.16. The van der Waals surface area contributed by atoms with Gasteiger partial charge in [-0.05, 0) is 31.4 Å². The molecule has 0 saturated carbocycles. The molecule has 1 aliphatic heterocycles. The van der Waals surface area contributed by atoms with Crippen LogP contribution < -0.4 is 15.4 Å². The van der Waals surface area contributed by atoms with Crippen molar-refractivity contribution in [2.45, 2.75) is 26.3 Å². The fraction of sp³-hybridized carbons (Fsp3) is 0.550. The molecule has 1 aromatic carbocycles. The van der Waals surface area contributed by atoms with Crippen LogP contribution in [0.3, 0.4) is 0 Å². The third kappa shape index (κ3) is 7.95. The standard InChI is InChI=1S/C20H32N4O.HI/c1-4-14-25-19-10-6-5-9-18(19)15-23-20(21-3)22-11-13-24-12-7-8-17(2)16-24;/h4-6,9-10,17H,1,7-8,11-16H2,2-3H3,(H2,21,22,23);1H. The Morgan fingerprint density at radius 1 is 1.38 bits per heavy atom. The second kappa shape index (κ2) is 13.0. The third-order valence-electron chi connectivity index (χ3n) is 4.46. The highest BCUT2D eigenvalue weighted by atomic mass is 127. The summed E-state index contributed by atoms with van der Waals surface area (Å²) in [7, 11) is 1.80. The molecule has 1 aromatic rings. The highest BCUT2D eigenvalue weighted by Gasteiger charge is 2.15. The molecule has 1 saturated heterocycles. The first kappa shape index (κ1) is 22.8. The molecule has 26 heavy (non-hydrogen) atoms. The number of likely N-dealkylation sites (tertiary alicyclic amines) is 1. The molecule has 0 bridgehead atoms. The van der Waals surface area contributed by atoms with Crippen LogP contribution >= 0.6 is 24.0 Å². The Balaban J connectivity index is 0.00000338. The lowest BCUT2D eigenvalue weighted by molar-refractivity contribution is 0.187. The number of hydrogen-bond donors (Lipinski definition) is 2. The van der Waals surface area contributed by atoms with Gasteiger partial charge in [0.05, 0.1) is 0 Å². The van der Waals surface area contributed by atoms with Gasteiger partial charge in [0.2, 0.25) is 0 Å². The molecule has 1 fully saturated rings. The molecule has 1 atom stereocenters. The number of nitrogens with zero attached hydrogens (tertiary/aromatic N) is 2. The number of nitrogens with one attached hydrogen (secondary N) is 2. The molecule has 1 heterocycles. The molecule has 146 valence electrons. The average Bonchev–Trinajstić information content (AvgIpc) is 2.63. The van der Waals surface area contributed by atoms with E-state index in [1.54, 1.807) is 13.1 Å². The largest absolute Gasteiger partial charge is 0.489 e. The van der Waals surface area contributed by atoms with Crippen LogP contribution in [0.4, 0.5) is 0 Å². The highest BCUT2D eigenvalue weighted by molar-refractivity contribution is 14.0. The van der Waals surface area contributed by atoms with Crippen LogP contribution in [0, 0.1) is 5.92 Å². The van der Waals surface area contributed by atoms with E-state index in [0.29, 0.717) is 13.2 Å². The Hall–Kier alpha value is -1.28. The maximum atomic E-state index is 5.70. The summed E-state index contributed by atoms with van der Waals surface area (Å²) in [5.41, 5.74) is 1.11. The predicted octanol–water partition coefficient (Wildman–Crippen LogP) is 3.27. The Labute approximate surface area is 175 Å². The molecule has 0 aliphatic carbocycles. The van der Waals surface area contributed by atoms with E-state index < -0.39 is 0 Å². The zero-order chi connectivity index (χ0) is 17.9. The van der Waals surface area contributed by atoms with Crippen LogP contribution in [0.25, 0.3) is 0 Å². The van der Waals surface area contributed by atoms with Crippen molar-refractivity contribution in [3.63, 3.8) is 0 Å². The number of aliphatic imine (C=N–C) groups is 1. The Kier molecular flexibility index (Phi) is 11.4. The Morgan fingerprint density at radius 3 is 2.92 bits per heavy atom. The lowest BCUT2D eigenvalue weighted by atomic mass is 10.0. The molecule has 1 aliphatic rings. The number of guanidine groups is 1. The predicted molar refractivity (Wildman–Crippen MR) is 121 cm³/mol. The number of hydrogen-bond acceptors (Lipinski definition) is 3. The lowest BCUT2D eigenvalue weighted by Crippen LogP contribution is -2.43. The molecular weight excluding hydrogens is 439 g/mol. The zero-order valence-corrected chi connectivity index (χ0v) is 18.4. The van der Waals surface area contributed by atoms with Crippen LogP contribution in [0.2, 0.25) is 0 Å². The second-order valence-electron chi connectivity index (χ2n) is 6.61. The van der Waals surface area contributed by atoms with Gasteiger partial charge in [0.15, 0.2) is 5.96 Å². The van der Waals surface area contributed by atoms with E-state index in [-0.39, 0.29) is 24.0 Å². The quantitative estimate of drug-likeness (QED) is 0.264. The number of piperidine rings is 1. The van der Waals surface area contributed by atoms with Gasteiger partial charge >= 0.3 is 0 Å². The van der Waals surface area contributed by atoms with Gasteiger partial charge in [-0.1, -0.05) is 37.8 Å². The molecule has 5 nitrogen and oxygen atoms in total. The Bertz CT molecular complexity index is 564. The maximum Gasteiger partial charge on any atom is 0.191 e. The van der Waals surface area contributed by atoms with Crippen molar-refractivity contribution in [3.8, 4) is 5.75 Å². The molecule has 0 amide bonds. The van der Waals surface area contributed by atoms with E-state index in [2.05, 4.69) is 40.1 Å². The molecule has 0 spiro atoms. The molecule has 2 rings (SSSR count). The van der Waals surface area contributed by atoms with Crippen molar-refractivity contribution in [2.24, 2.45) is 10.9 Å². The summed E-state index contributed by atoms with van der Waals surface area (Å²) < 4.78 is 5.70. The minimum atomic E-state index is 0. The molecule has 0 radical (unpaired) electrons. The van der Waals surface area contributed by atoms with Gasteiger partial charge in [-0.15, -0.1) is 24.0 Å². The number of para-hydroxylation sites is 1. The van der Waals surface area contributed by atoms with Crippen molar-refractivity contribution in [1.29, 1.82) is 0 Å². The summed E-state index contributed by atoms with van der Waals surface area (Å²) in [5, 5.41) is 6.77. The summed E-state index contributed by atoms with van der Waals surface area (Å²) in [6, 6.07) is 8.04. The van der Waals surface area contributed by atoms with Gasteiger partial charge in [-0.25, -0.2) is 0 Å². The van der Waals surface area contributed by atoms with Crippen molar-refractivity contribution in [3.05, 3.63) is 42.5 Å². The molecule has 0 aromatic heterocycles. The number of benzene rings is 1. The second-order valence-corrected chi connectivity index (χ2v) is 6.61. The van der Waals surface area contributed by atoms with Crippen LogP contribution in [-0.2, 0) is 6.54 Å². The van der Waals surface area contributed by atoms with Crippen LogP contribution in [0.15, 0.2) is 41.9 Å². The van der Waals surface area contributed by atoms with Gasteiger partial charge in [-0.2, -0.15) is 0 Å². The van der Waals surface area contributed by atoms with Crippen LogP contribution in [-0.4, -0.2) is 50.7 Å². The topological polar surface area (TPSA) is 48.9 Å². The smallest absolute Gasteiger partial charge is 0.191 e. The van der Waals surface area contributed by atoms with Crippen molar-refractivity contribution < 1.29 is 4.74 Å². The summed E-state index contributed by atoms with van der Waals surface area (Å²) in [6.07, 6.45) is 4.43. The normalized spacial score (nSPS) is 17.9. The molecule has 2 N–H and O–H groups in total. The summed E-state index contributed by atoms with van der Waals surface area (Å²) in [6.45, 7) is 11.6. The molecule has 1 unspecified atom stereocenters. The Morgan fingerprint density at radius 2 is 2.19 bits per heavy atom.